The Morgan fingerprint density at radius 2 is 1.96 bits per heavy atom. The number of anilines is 2. The number of halogens is 2. The van der Waals surface area contributed by atoms with Gasteiger partial charge in [0.2, 0.25) is 5.91 Å². The van der Waals surface area contributed by atoms with Crippen molar-refractivity contribution < 1.29 is 4.79 Å². The number of aryl methyl sites for hydroxylation is 2. The van der Waals surface area contributed by atoms with Crippen LogP contribution in [0.3, 0.4) is 0 Å². The SMILES string of the molecule is CCc1cccc(NC(N)=NCCC(=O)Nc2ccc(Br)cc2C)c1.I. The molecule has 5 nitrogen and oxygen atoms in total. The predicted molar refractivity (Wildman–Crippen MR) is 123 cm³/mol. The molecular formula is C19H24BrIN4O. The van der Waals surface area contributed by atoms with E-state index in [1.165, 1.54) is 5.56 Å². The van der Waals surface area contributed by atoms with Crippen LogP contribution in [-0.4, -0.2) is 18.4 Å². The van der Waals surface area contributed by atoms with Crippen LogP contribution < -0.4 is 16.4 Å². The Morgan fingerprint density at radius 3 is 2.65 bits per heavy atom. The van der Waals surface area contributed by atoms with Crippen molar-refractivity contribution in [2.45, 2.75) is 26.7 Å². The fourth-order valence-corrected chi connectivity index (χ4v) is 2.79. The zero-order valence-electron chi connectivity index (χ0n) is 14.9. The Kier molecular flexibility index (Phi) is 9.64. The Labute approximate surface area is 180 Å². The van der Waals surface area contributed by atoms with Crippen molar-refractivity contribution in [3.8, 4) is 0 Å². The second-order valence-corrected chi connectivity index (χ2v) is 6.62. The van der Waals surface area contributed by atoms with Gasteiger partial charge in [-0.3, -0.25) is 9.79 Å². The Morgan fingerprint density at radius 1 is 1.19 bits per heavy atom. The van der Waals surface area contributed by atoms with E-state index in [1.54, 1.807) is 0 Å². The van der Waals surface area contributed by atoms with Gasteiger partial charge in [0.1, 0.15) is 0 Å². The van der Waals surface area contributed by atoms with Crippen LogP contribution in [0.4, 0.5) is 11.4 Å². The summed E-state index contributed by atoms with van der Waals surface area (Å²) in [4.78, 5) is 16.2. The minimum absolute atomic E-state index is 0. The minimum Gasteiger partial charge on any atom is -0.370 e. The molecule has 0 spiro atoms. The minimum atomic E-state index is -0.0880. The van der Waals surface area contributed by atoms with Crippen LogP contribution in [0.25, 0.3) is 0 Å². The molecule has 0 aliphatic carbocycles. The van der Waals surface area contributed by atoms with Crippen LogP contribution >= 0.6 is 39.9 Å². The van der Waals surface area contributed by atoms with Crippen LogP contribution in [0.15, 0.2) is 51.9 Å². The molecule has 0 aliphatic heterocycles. The summed E-state index contributed by atoms with van der Waals surface area (Å²) in [6.45, 7) is 4.38. The molecule has 0 radical (unpaired) electrons. The van der Waals surface area contributed by atoms with Crippen LogP contribution in [0.5, 0.6) is 0 Å². The van der Waals surface area contributed by atoms with E-state index >= 15 is 0 Å². The summed E-state index contributed by atoms with van der Waals surface area (Å²) in [5, 5.41) is 5.93. The predicted octanol–water partition coefficient (Wildman–Crippen LogP) is 4.69. The summed E-state index contributed by atoms with van der Waals surface area (Å²) in [6, 6.07) is 13.7. The van der Waals surface area contributed by atoms with Gasteiger partial charge in [-0.1, -0.05) is 35.0 Å². The number of aliphatic imine (C=N–C) groups is 1. The number of hydrogen-bond acceptors (Lipinski definition) is 2. The van der Waals surface area contributed by atoms with E-state index in [1.807, 2.05) is 43.3 Å². The molecule has 0 fully saturated rings. The first-order chi connectivity index (χ1) is 12.0. The molecule has 4 N–H and O–H groups in total. The standard InChI is InChI=1S/C19H23BrN4O.HI/c1-3-14-5-4-6-16(12-14)23-19(21)22-10-9-18(25)24-17-8-7-15(20)11-13(17)2;/h4-8,11-12H,3,9-10H2,1-2H3,(H,24,25)(H3,21,22,23);1H. The number of nitrogens with one attached hydrogen (secondary N) is 2. The van der Waals surface area contributed by atoms with Crippen LogP contribution in [0.2, 0.25) is 0 Å². The lowest BCUT2D eigenvalue weighted by atomic mass is 10.1. The molecule has 2 aromatic rings. The molecule has 0 saturated heterocycles. The second kappa shape index (κ2) is 11.2. The Bertz CT molecular complexity index is 780. The third-order valence-corrected chi connectivity index (χ3v) is 4.18. The molecule has 26 heavy (non-hydrogen) atoms. The van der Waals surface area contributed by atoms with E-state index in [-0.39, 0.29) is 36.3 Å². The molecule has 0 bridgehead atoms. The smallest absolute Gasteiger partial charge is 0.226 e. The van der Waals surface area contributed by atoms with E-state index < -0.39 is 0 Å². The van der Waals surface area contributed by atoms with E-state index in [4.69, 9.17) is 5.73 Å². The van der Waals surface area contributed by atoms with Crippen LogP contribution in [0.1, 0.15) is 24.5 Å². The van der Waals surface area contributed by atoms with Crippen molar-refractivity contribution in [3.63, 3.8) is 0 Å². The van der Waals surface area contributed by atoms with Crippen LogP contribution in [-0.2, 0) is 11.2 Å². The average Bonchev–Trinajstić information content (AvgIpc) is 2.57. The normalized spacial score (nSPS) is 10.8. The zero-order valence-corrected chi connectivity index (χ0v) is 18.8. The largest absolute Gasteiger partial charge is 0.370 e. The van der Waals surface area contributed by atoms with Gasteiger partial charge in [-0.25, -0.2) is 0 Å². The molecule has 0 unspecified atom stereocenters. The highest BCUT2D eigenvalue weighted by Gasteiger charge is 2.05. The summed E-state index contributed by atoms with van der Waals surface area (Å²) in [7, 11) is 0. The molecular weight excluding hydrogens is 507 g/mol. The maximum atomic E-state index is 12.0. The van der Waals surface area contributed by atoms with Gasteiger partial charge in [-0.15, -0.1) is 24.0 Å². The first-order valence-electron chi connectivity index (χ1n) is 8.20. The summed E-state index contributed by atoms with van der Waals surface area (Å²) < 4.78 is 0.985. The van der Waals surface area contributed by atoms with Crippen molar-refractivity contribution in [1.29, 1.82) is 0 Å². The van der Waals surface area contributed by atoms with E-state index in [0.29, 0.717) is 12.5 Å². The highest BCUT2D eigenvalue weighted by Crippen LogP contribution is 2.20. The van der Waals surface area contributed by atoms with E-state index in [0.717, 1.165) is 27.8 Å². The molecule has 140 valence electrons. The summed E-state index contributed by atoms with van der Waals surface area (Å²) >= 11 is 3.41. The third kappa shape index (κ3) is 7.33. The topological polar surface area (TPSA) is 79.5 Å². The molecule has 0 saturated carbocycles. The average molecular weight is 531 g/mol. The number of amides is 1. The van der Waals surface area contributed by atoms with Crippen molar-refractivity contribution in [3.05, 3.63) is 58.1 Å². The molecule has 0 aliphatic rings. The number of hydrogen-bond donors (Lipinski definition) is 3. The maximum absolute atomic E-state index is 12.0. The molecule has 2 rings (SSSR count). The third-order valence-electron chi connectivity index (χ3n) is 3.69. The lowest BCUT2D eigenvalue weighted by molar-refractivity contribution is -0.116. The number of guanidine groups is 1. The monoisotopic (exact) mass is 530 g/mol. The summed E-state index contributed by atoms with van der Waals surface area (Å²) in [5.74, 6) is 0.218. The fraction of sp³-hybridized carbons (Fsp3) is 0.263. The fourth-order valence-electron chi connectivity index (χ4n) is 2.31. The lowest BCUT2D eigenvalue weighted by Crippen LogP contribution is -2.23. The van der Waals surface area contributed by atoms with Crippen molar-refractivity contribution in [2.75, 3.05) is 17.2 Å². The van der Waals surface area contributed by atoms with Crippen molar-refractivity contribution in [1.82, 2.24) is 0 Å². The van der Waals surface area contributed by atoms with E-state index in [2.05, 4.69) is 44.5 Å². The van der Waals surface area contributed by atoms with Gasteiger partial charge in [-0.2, -0.15) is 0 Å². The Balaban J connectivity index is 0.00000338. The number of nitrogens with zero attached hydrogens (tertiary/aromatic N) is 1. The highest BCUT2D eigenvalue weighted by molar-refractivity contribution is 14.0. The Hall–Kier alpha value is -1.61. The number of benzene rings is 2. The van der Waals surface area contributed by atoms with Crippen molar-refractivity contribution >= 4 is 63.1 Å². The molecule has 0 atom stereocenters. The molecule has 0 aromatic heterocycles. The second-order valence-electron chi connectivity index (χ2n) is 5.70. The highest BCUT2D eigenvalue weighted by atomic mass is 127. The first kappa shape index (κ1) is 22.4. The van der Waals surface area contributed by atoms with Gasteiger partial charge in [0.25, 0.3) is 0 Å². The number of nitrogens with two attached hydrogens (primary N) is 1. The first-order valence-corrected chi connectivity index (χ1v) is 8.99. The van der Waals surface area contributed by atoms with Gasteiger partial charge in [0.05, 0.1) is 6.54 Å². The van der Waals surface area contributed by atoms with Crippen molar-refractivity contribution in [2.24, 2.45) is 10.7 Å². The molecule has 0 heterocycles. The van der Waals surface area contributed by atoms with Gasteiger partial charge >= 0.3 is 0 Å². The van der Waals surface area contributed by atoms with Crippen LogP contribution in [0, 0.1) is 6.92 Å². The molecule has 2 aromatic carbocycles. The number of carbonyl (C=O) groups is 1. The molecule has 1 amide bonds. The zero-order chi connectivity index (χ0) is 18.2. The van der Waals surface area contributed by atoms with Gasteiger partial charge in [-0.05, 0) is 54.8 Å². The number of carbonyl (C=O) groups excluding carboxylic acids is 1. The summed E-state index contributed by atoms with van der Waals surface area (Å²) in [6.07, 6.45) is 1.23. The van der Waals surface area contributed by atoms with E-state index in [9.17, 15) is 4.79 Å². The molecule has 7 heteroatoms. The quantitative estimate of drug-likeness (QED) is 0.288. The summed E-state index contributed by atoms with van der Waals surface area (Å²) in [5.41, 5.74) is 9.81. The van der Waals surface area contributed by atoms with Gasteiger partial charge < -0.3 is 16.4 Å². The lowest BCUT2D eigenvalue weighted by Gasteiger charge is -2.09. The van der Waals surface area contributed by atoms with Gasteiger partial charge in [0, 0.05) is 22.3 Å². The van der Waals surface area contributed by atoms with Gasteiger partial charge in [0.15, 0.2) is 5.96 Å². The number of rotatable bonds is 6. The maximum Gasteiger partial charge on any atom is 0.226 e.